The third kappa shape index (κ3) is 3.41. The van der Waals surface area contributed by atoms with Crippen LogP contribution >= 0.6 is 0 Å². The first-order valence-corrected chi connectivity index (χ1v) is 7.55. The molecule has 114 valence electrons. The molecular weight excluding hydrogens is 268 g/mol. The monoisotopic (exact) mass is 290 g/mol. The lowest BCUT2D eigenvalue weighted by atomic mass is 10.3. The van der Waals surface area contributed by atoms with Crippen molar-refractivity contribution >= 4 is 17.5 Å². The summed E-state index contributed by atoms with van der Waals surface area (Å²) in [6.45, 7) is 3.17. The average molecular weight is 290 g/mol. The number of hydrogen-bond donors (Lipinski definition) is 4. The zero-order valence-corrected chi connectivity index (χ0v) is 12.3. The first-order valence-electron chi connectivity index (χ1n) is 7.55. The number of carbonyl (C=O) groups excluding carboxylic acids is 1. The lowest BCUT2D eigenvalue weighted by Gasteiger charge is -2.13. The quantitative estimate of drug-likeness (QED) is 0.338. The van der Waals surface area contributed by atoms with Crippen molar-refractivity contribution in [2.24, 2.45) is 11.8 Å². The van der Waals surface area contributed by atoms with Crippen LogP contribution in [0.5, 0.6) is 0 Å². The van der Waals surface area contributed by atoms with Gasteiger partial charge in [0.1, 0.15) is 17.5 Å². The van der Waals surface area contributed by atoms with Crippen molar-refractivity contribution < 1.29 is 4.79 Å². The zero-order valence-electron chi connectivity index (χ0n) is 12.3. The maximum Gasteiger partial charge on any atom is 0.223 e. The number of rotatable bonds is 7. The topological polar surface area (TPSA) is 105 Å². The number of anilines is 2. The van der Waals surface area contributed by atoms with E-state index in [9.17, 15) is 4.79 Å². The van der Waals surface area contributed by atoms with E-state index in [1.807, 2.05) is 6.92 Å². The number of hydrogen-bond acceptors (Lipinski definition) is 6. The van der Waals surface area contributed by atoms with E-state index in [0.717, 1.165) is 42.9 Å². The van der Waals surface area contributed by atoms with E-state index in [-0.39, 0.29) is 11.8 Å². The molecule has 1 amide bonds. The minimum Gasteiger partial charge on any atom is -0.368 e. The lowest BCUT2D eigenvalue weighted by molar-refractivity contribution is -0.122. The highest BCUT2D eigenvalue weighted by Gasteiger charge is 2.29. The smallest absolute Gasteiger partial charge is 0.223 e. The fraction of sp³-hybridized carbons (Fsp3) is 0.643. The van der Waals surface area contributed by atoms with E-state index in [4.69, 9.17) is 5.84 Å². The van der Waals surface area contributed by atoms with Gasteiger partial charge in [0.2, 0.25) is 5.91 Å². The predicted octanol–water partition coefficient (Wildman–Crippen LogP) is 0.886. The molecule has 2 fully saturated rings. The minimum absolute atomic E-state index is 0.166. The maximum atomic E-state index is 11.5. The Morgan fingerprint density at radius 1 is 1.19 bits per heavy atom. The summed E-state index contributed by atoms with van der Waals surface area (Å²) >= 11 is 0. The molecule has 1 aromatic heterocycles. The Morgan fingerprint density at radius 2 is 1.90 bits per heavy atom. The Morgan fingerprint density at radius 3 is 2.52 bits per heavy atom. The van der Waals surface area contributed by atoms with Gasteiger partial charge >= 0.3 is 0 Å². The van der Waals surface area contributed by atoms with Crippen molar-refractivity contribution in [2.45, 2.75) is 38.5 Å². The molecule has 3 rings (SSSR count). The van der Waals surface area contributed by atoms with Crippen LogP contribution < -0.4 is 21.9 Å². The van der Waals surface area contributed by atoms with E-state index in [0.29, 0.717) is 24.8 Å². The minimum atomic E-state index is 0.166. The van der Waals surface area contributed by atoms with E-state index < -0.39 is 0 Å². The number of nitrogens with two attached hydrogens (primary N) is 1. The van der Waals surface area contributed by atoms with Crippen LogP contribution in [0.4, 0.5) is 11.6 Å². The van der Waals surface area contributed by atoms with Crippen molar-refractivity contribution in [3.63, 3.8) is 0 Å². The summed E-state index contributed by atoms with van der Waals surface area (Å²) in [4.78, 5) is 20.6. The number of nitrogens with one attached hydrogen (secondary N) is 3. The summed E-state index contributed by atoms with van der Waals surface area (Å²) in [6.07, 6.45) is 4.34. The van der Waals surface area contributed by atoms with Crippen LogP contribution in [0.2, 0.25) is 0 Å². The van der Waals surface area contributed by atoms with Crippen LogP contribution in [0.25, 0.3) is 0 Å². The second-order valence-electron chi connectivity index (χ2n) is 5.81. The number of nitrogens with zero attached hydrogens (tertiary/aromatic N) is 2. The van der Waals surface area contributed by atoms with Gasteiger partial charge < -0.3 is 16.1 Å². The number of aromatic nitrogens is 2. The number of hydrazine groups is 1. The van der Waals surface area contributed by atoms with Crippen molar-refractivity contribution in [1.82, 2.24) is 15.3 Å². The number of nitrogen functional groups attached to an aromatic ring is 1. The fourth-order valence-corrected chi connectivity index (χ4v) is 2.23. The molecule has 0 aromatic carbocycles. The molecule has 0 atom stereocenters. The van der Waals surface area contributed by atoms with Crippen molar-refractivity contribution in [2.75, 3.05) is 23.8 Å². The third-order valence-corrected chi connectivity index (χ3v) is 3.91. The Labute approximate surface area is 124 Å². The second-order valence-corrected chi connectivity index (χ2v) is 5.81. The summed E-state index contributed by atoms with van der Waals surface area (Å²) in [5, 5.41) is 6.19. The summed E-state index contributed by atoms with van der Waals surface area (Å²) in [5.41, 5.74) is 3.53. The third-order valence-electron chi connectivity index (χ3n) is 3.91. The van der Waals surface area contributed by atoms with Crippen LogP contribution in [-0.4, -0.2) is 29.0 Å². The molecule has 2 aliphatic rings. The molecule has 1 heterocycles. The van der Waals surface area contributed by atoms with Gasteiger partial charge in [-0.3, -0.25) is 4.79 Å². The molecule has 2 aliphatic carbocycles. The summed E-state index contributed by atoms with van der Waals surface area (Å²) in [6, 6.07) is 0. The average Bonchev–Trinajstić information content (AvgIpc) is 3.36. The molecule has 7 heteroatoms. The lowest BCUT2D eigenvalue weighted by Crippen LogP contribution is -2.30. The number of carbonyl (C=O) groups is 1. The van der Waals surface area contributed by atoms with Crippen molar-refractivity contribution in [1.29, 1.82) is 0 Å². The molecule has 1 aromatic rings. The Kier molecular flexibility index (Phi) is 3.92. The molecule has 0 unspecified atom stereocenters. The Hall–Kier alpha value is -1.89. The highest BCUT2D eigenvalue weighted by molar-refractivity contribution is 5.80. The largest absolute Gasteiger partial charge is 0.368 e. The van der Waals surface area contributed by atoms with E-state index in [1.54, 1.807) is 0 Å². The van der Waals surface area contributed by atoms with Gasteiger partial charge in [0, 0.05) is 30.5 Å². The van der Waals surface area contributed by atoms with E-state index in [1.165, 1.54) is 0 Å². The van der Waals surface area contributed by atoms with Crippen LogP contribution in [0, 0.1) is 12.8 Å². The predicted molar refractivity (Wildman–Crippen MR) is 80.8 cm³/mol. The SMILES string of the molecule is Cc1c(NN)nc(C2CC2)nc1NCCNC(=O)C1CC1. The molecule has 0 bridgehead atoms. The Bertz CT molecular complexity index is 539. The van der Waals surface area contributed by atoms with Gasteiger partial charge in [0.15, 0.2) is 0 Å². The zero-order chi connectivity index (χ0) is 14.8. The molecule has 7 nitrogen and oxygen atoms in total. The van der Waals surface area contributed by atoms with Gasteiger partial charge in [-0.15, -0.1) is 0 Å². The molecule has 5 N–H and O–H groups in total. The maximum absolute atomic E-state index is 11.5. The first-order chi connectivity index (χ1) is 10.2. The van der Waals surface area contributed by atoms with Gasteiger partial charge in [-0.1, -0.05) is 0 Å². The van der Waals surface area contributed by atoms with Gasteiger partial charge in [0.25, 0.3) is 0 Å². The number of amides is 1. The molecular formula is C14H22N6O. The van der Waals surface area contributed by atoms with Crippen LogP contribution in [0.15, 0.2) is 0 Å². The summed E-state index contributed by atoms with van der Waals surface area (Å²) in [5.74, 6) is 8.70. The van der Waals surface area contributed by atoms with Crippen LogP contribution in [0.1, 0.15) is 43.0 Å². The highest BCUT2D eigenvalue weighted by atomic mass is 16.2. The molecule has 0 radical (unpaired) electrons. The van der Waals surface area contributed by atoms with E-state index in [2.05, 4.69) is 26.0 Å². The standard InChI is InChI=1S/C14H22N6O/c1-8-11(16-6-7-17-14(21)10-4-5-10)18-13(9-2-3-9)19-12(8)20-15/h9-10H,2-7,15H2,1H3,(H,17,21)(H2,16,18,19,20). The molecule has 2 saturated carbocycles. The van der Waals surface area contributed by atoms with E-state index >= 15 is 0 Å². The molecule has 0 saturated heterocycles. The highest BCUT2D eigenvalue weighted by Crippen LogP contribution is 2.39. The molecule has 21 heavy (non-hydrogen) atoms. The van der Waals surface area contributed by atoms with Crippen LogP contribution in [-0.2, 0) is 4.79 Å². The normalized spacial score (nSPS) is 17.4. The van der Waals surface area contributed by atoms with Gasteiger partial charge in [0.05, 0.1) is 0 Å². The Balaban J connectivity index is 1.58. The van der Waals surface area contributed by atoms with Crippen molar-refractivity contribution in [3.05, 3.63) is 11.4 Å². The van der Waals surface area contributed by atoms with Crippen LogP contribution in [0.3, 0.4) is 0 Å². The summed E-state index contributed by atoms with van der Waals surface area (Å²) < 4.78 is 0. The molecule has 0 spiro atoms. The van der Waals surface area contributed by atoms with Gasteiger partial charge in [-0.2, -0.15) is 0 Å². The second kappa shape index (κ2) is 5.85. The fourth-order valence-electron chi connectivity index (χ4n) is 2.23. The summed E-state index contributed by atoms with van der Waals surface area (Å²) in [7, 11) is 0. The van der Waals surface area contributed by atoms with Gasteiger partial charge in [-0.25, -0.2) is 15.8 Å². The van der Waals surface area contributed by atoms with Gasteiger partial charge in [-0.05, 0) is 32.6 Å². The van der Waals surface area contributed by atoms with Crippen molar-refractivity contribution in [3.8, 4) is 0 Å². The molecule has 0 aliphatic heterocycles. The first kappa shape index (κ1) is 14.1.